The molecular weight excluding hydrogens is 471 g/mol. The van der Waals surface area contributed by atoms with Crippen molar-refractivity contribution < 1.29 is 31.9 Å². The van der Waals surface area contributed by atoms with E-state index < -0.39 is 34.5 Å². The topological polar surface area (TPSA) is 115 Å². The average Bonchev–Trinajstić information content (AvgIpc) is 3.27. The third kappa shape index (κ3) is 5.58. The number of morpholine rings is 1. The van der Waals surface area contributed by atoms with Crippen LogP contribution in [-0.2, 0) is 24.3 Å². The number of carbonyl (C=O) groups is 2. The second-order valence-electron chi connectivity index (χ2n) is 6.66. The average molecular weight is 491 g/mol. The molecule has 0 radical (unpaired) electrons. The number of furan rings is 1. The molecule has 0 spiro atoms. The van der Waals surface area contributed by atoms with Crippen molar-refractivity contribution >= 4 is 45.1 Å². The van der Waals surface area contributed by atoms with Crippen molar-refractivity contribution in [3.63, 3.8) is 0 Å². The van der Waals surface area contributed by atoms with Crippen molar-refractivity contribution in [3.05, 3.63) is 51.9 Å². The van der Waals surface area contributed by atoms with Gasteiger partial charge >= 0.3 is 5.97 Å². The molecule has 0 aliphatic carbocycles. The number of hydrogen-bond donors (Lipinski definition) is 1. The molecule has 1 aromatic carbocycles. The fourth-order valence-electron chi connectivity index (χ4n) is 2.91. The zero-order chi connectivity index (χ0) is 22.6. The van der Waals surface area contributed by atoms with Crippen LogP contribution in [0.3, 0.4) is 0 Å². The minimum atomic E-state index is -3.97. The van der Waals surface area contributed by atoms with E-state index in [-0.39, 0.29) is 46.8 Å². The Bertz CT molecular complexity index is 1050. The van der Waals surface area contributed by atoms with Crippen LogP contribution in [0.15, 0.2) is 39.8 Å². The van der Waals surface area contributed by atoms with E-state index >= 15 is 0 Å². The summed E-state index contributed by atoms with van der Waals surface area (Å²) >= 11 is 12.2. The lowest BCUT2D eigenvalue weighted by Gasteiger charge is -2.26. The number of nitrogens with one attached hydrogen (secondary N) is 1. The Labute approximate surface area is 189 Å². The summed E-state index contributed by atoms with van der Waals surface area (Å²) < 4.78 is 42.4. The molecule has 0 bridgehead atoms. The van der Waals surface area contributed by atoms with Crippen molar-refractivity contribution in [2.75, 3.05) is 32.9 Å². The van der Waals surface area contributed by atoms with E-state index in [0.717, 1.165) is 12.1 Å². The fraction of sp³-hybridized carbons (Fsp3) is 0.368. The summed E-state index contributed by atoms with van der Waals surface area (Å²) in [4.78, 5) is 24.3. The van der Waals surface area contributed by atoms with Gasteiger partial charge in [0.15, 0.2) is 6.61 Å². The van der Waals surface area contributed by atoms with Gasteiger partial charge in [-0.25, -0.2) is 13.2 Å². The Morgan fingerprint density at radius 1 is 1.23 bits per heavy atom. The molecular formula is C19H20Cl2N2O7S. The lowest BCUT2D eigenvalue weighted by atomic mass is 10.2. The van der Waals surface area contributed by atoms with Gasteiger partial charge in [-0.1, -0.05) is 23.2 Å². The van der Waals surface area contributed by atoms with Gasteiger partial charge in [-0.15, -0.1) is 0 Å². The highest BCUT2D eigenvalue weighted by atomic mass is 35.5. The molecule has 2 aromatic rings. The lowest BCUT2D eigenvalue weighted by molar-refractivity contribution is -0.125. The smallest absolute Gasteiger partial charge is 0.340 e. The van der Waals surface area contributed by atoms with E-state index in [9.17, 15) is 18.0 Å². The molecule has 168 valence electrons. The van der Waals surface area contributed by atoms with Crippen LogP contribution in [0.5, 0.6) is 0 Å². The Hall–Kier alpha value is -2.11. The molecule has 0 unspecified atom stereocenters. The van der Waals surface area contributed by atoms with Crippen molar-refractivity contribution in [1.29, 1.82) is 0 Å². The van der Waals surface area contributed by atoms with Crippen molar-refractivity contribution in [3.8, 4) is 0 Å². The SMILES string of the molecule is C[C@@H](NC(=O)COC(=O)c1cc(S(=O)(=O)N2CCOCC2)c(Cl)cc1Cl)c1ccco1. The zero-order valence-corrected chi connectivity index (χ0v) is 18.8. The number of benzene rings is 1. The predicted molar refractivity (Wildman–Crippen MR) is 112 cm³/mol. The minimum Gasteiger partial charge on any atom is -0.467 e. The highest BCUT2D eigenvalue weighted by Gasteiger charge is 2.30. The van der Waals surface area contributed by atoms with Crippen molar-refractivity contribution in [1.82, 2.24) is 9.62 Å². The molecule has 1 saturated heterocycles. The number of sulfonamides is 1. The van der Waals surface area contributed by atoms with Gasteiger partial charge in [0.1, 0.15) is 10.7 Å². The molecule has 1 atom stereocenters. The molecule has 1 N–H and O–H groups in total. The van der Waals surface area contributed by atoms with Crippen LogP contribution < -0.4 is 5.32 Å². The van der Waals surface area contributed by atoms with Gasteiger partial charge in [-0.05, 0) is 31.2 Å². The molecule has 1 aliphatic rings. The molecule has 2 heterocycles. The first kappa shape index (κ1) is 23.6. The molecule has 12 heteroatoms. The summed E-state index contributed by atoms with van der Waals surface area (Å²) in [6.07, 6.45) is 1.48. The zero-order valence-electron chi connectivity index (χ0n) is 16.5. The van der Waals surface area contributed by atoms with Crippen LogP contribution >= 0.6 is 23.2 Å². The summed E-state index contributed by atoms with van der Waals surface area (Å²) in [5, 5.41) is 2.39. The summed E-state index contributed by atoms with van der Waals surface area (Å²) in [6.45, 7) is 1.95. The Morgan fingerprint density at radius 3 is 2.58 bits per heavy atom. The van der Waals surface area contributed by atoms with Gasteiger partial charge in [0.2, 0.25) is 10.0 Å². The Balaban J connectivity index is 1.71. The molecule has 0 saturated carbocycles. The van der Waals surface area contributed by atoms with Crippen LogP contribution in [-0.4, -0.2) is 57.5 Å². The van der Waals surface area contributed by atoms with Gasteiger partial charge in [-0.2, -0.15) is 4.31 Å². The quantitative estimate of drug-likeness (QED) is 0.593. The normalized spacial score (nSPS) is 16.0. The third-order valence-corrected chi connectivity index (χ3v) is 7.19. The predicted octanol–water partition coefficient (Wildman–Crippen LogP) is 2.64. The van der Waals surface area contributed by atoms with Crippen LogP contribution in [0.25, 0.3) is 0 Å². The van der Waals surface area contributed by atoms with E-state index in [2.05, 4.69) is 5.32 Å². The lowest BCUT2D eigenvalue weighted by Crippen LogP contribution is -2.40. The van der Waals surface area contributed by atoms with E-state index in [0.29, 0.717) is 5.76 Å². The van der Waals surface area contributed by atoms with Crippen molar-refractivity contribution in [2.24, 2.45) is 0 Å². The first-order valence-electron chi connectivity index (χ1n) is 9.27. The van der Waals surface area contributed by atoms with Gasteiger partial charge in [0.05, 0.1) is 41.1 Å². The van der Waals surface area contributed by atoms with Crippen LogP contribution in [0, 0.1) is 0 Å². The molecule has 1 aliphatic heterocycles. The first-order valence-corrected chi connectivity index (χ1v) is 11.5. The molecule has 9 nitrogen and oxygen atoms in total. The van der Waals surface area contributed by atoms with Crippen molar-refractivity contribution in [2.45, 2.75) is 17.9 Å². The van der Waals surface area contributed by atoms with E-state index in [1.807, 2.05) is 0 Å². The number of amides is 1. The number of hydrogen-bond acceptors (Lipinski definition) is 7. The summed E-state index contributed by atoms with van der Waals surface area (Å²) in [7, 11) is -3.97. The number of esters is 1. The molecule has 1 aromatic heterocycles. The molecule has 1 fully saturated rings. The van der Waals surface area contributed by atoms with E-state index in [1.165, 1.54) is 10.6 Å². The minimum absolute atomic E-state index is 0.0970. The number of nitrogens with zero attached hydrogens (tertiary/aromatic N) is 1. The largest absolute Gasteiger partial charge is 0.467 e. The highest BCUT2D eigenvalue weighted by molar-refractivity contribution is 7.89. The van der Waals surface area contributed by atoms with Crippen LogP contribution in [0.1, 0.15) is 29.1 Å². The maximum atomic E-state index is 12.9. The molecule has 1 amide bonds. The van der Waals surface area contributed by atoms with Crippen LogP contribution in [0.2, 0.25) is 10.0 Å². The summed E-state index contributed by atoms with van der Waals surface area (Å²) in [5.41, 5.74) is -0.218. The number of rotatable bonds is 7. The summed E-state index contributed by atoms with van der Waals surface area (Å²) in [5.74, 6) is -0.984. The molecule has 31 heavy (non-hydrogen) atoms. The Kier molecular flexibility index (Phi) is 7.60. The fourth-order valence-corrected chi connectivity index (χ4v) is 5.14. The maximum Gasteiger partial charge on any atom is 0.340 e. The van der Waals surface area contributed by atoms with E-state index in [4.69, 9.17) is 37.1 Å². The molecule has 3 rings (SSSR count). The number of halogens is 2. The van der Waals surface area contributed by atoms with Gasteiger partial charge in [-0.3, -0.25) is 4.79 Å². The number of carbonyl (C=O) groups excluding carboxylic acids is 2. The second kappa shape index (κ2) is 10.0. The standard InChI is InChI=1S/C19H20Cl2N2O7S/c1-12(16-3-2-6-29-16)22-18(24)11-30-19(25)13-9-17(15(21)10-14(13)20)31(26,27)23-4-7-28-8-5-23/h2-3,6,9-10,12H,4-5,7-8,11H2,1H3,(H,22,24)/t12-/m1/s1. The third-order valence-electron chi connectivity index (χ3n) is 4.51. The maximum absolute atomic E-state index is 12.9. The number of ether oxygens (including phenoxy) is 2. The second-order valence-corrected chi connectivity index (χ2v) is 9.38. The van der Waals surface area contributed by atoms with Gasteiger partial charge in [0, 0.05) is 13.1 Å². The highest BCUT2D eigenvalue weighted by Crippen LogP contribution is 2.31. The van der Waals surface area contributed by atoms with Gasteiger partial charge in [0.25, 0.3) is 5.91 Å². The van der Waals surface area contributed by atoms with Crippen LogP contribution in [0.4, 0.5) is 0 Å². The van der Waals surface area contributed by atoms with Gasteiger partial charge < -0.3 is 19.2 Å². The Morgan fingerprint density at radius 2 is 1.94 bits per heavy atom. The monoisotopic (exact) mass is 490 g/mol. The summed E-state index contributed by atoms with van der Waals surface area (Å²) in [6, 6.07) is 5.17. The first-order chi connectivity index (χ1) is 14.7. The van der Waals surface area contributed by atoms with E-state index in [1.54, 1.807) is 19.1 Å².